The number of rotatable bonds is 3. The molecule has 2 rings (SSSR count). The standard InChI is InChI=1S/C15H28N2O3S/c1-4-21(19)14-8-6-5-7-13(14)16-15(18)17-9-11(2)20-12(3)10-17/h11-14H,4-10H2,1-3H3,(H,16,18)/t11-,12-,13+,14-,21-/m1/s1. The molecule has 1 saturated heterocycles. The lowest BCUT2D eigenvalue weighted by Crippen LogP contribution is -2.56. The summed E-state index contributed by atoms with van der Waals surface area (Å²) in [7, 11) is -0.837. The Morgan fingerprint density at radius 1 is 1.24 bits per heavy atom. The van der Waals surface area contributed by atoms with Crippen molar-refractivity contribution in [1.29, 1.82) is 0 Å². The molecule has 0 spiro atoms. The van der Waals surface area contributed by atoms with Gasteiger partial charge in [0, 0.05) is 35.7 Å². The van der Waals surface area contributed by atoms with E-state index in [-0.39, 0.29) is 29.5 Å². The summed E-state index contributed by atoms with van der Waals surface area (Å²) >= 11 is 0. The number of nitrogens with zero attached hydrogens (tertiary/aromatic N) is 1. The topological polar surface area (TPSA) is 58.6 Å². The monoisotopic (exact) mass is 316 g/mol. The minimum Gasteiger partial charge on any atom is -0.372 e. The lowest BCUT2D eigenvalue weighted by atomic mass is 9.95. The Hall–Kier alpha value is -0.620. The zero-order valence-corrected chi connectivity index (χ0v) is 14.2. The van der Waals surface area contributed by atoms with Gasteiger partial charge >= 0.3 is 6.03 Å². The molecule has 0 radical (unpaired) electrons. The quantitative estimate of drug-likeness (QED) is 0.865. The zero-order valence-electron chi connectivity index (χ0n) is 13.3. The van der Waals surface area contributed by atoms with Gasteiger partial charge < -0.3 is 15.0 Å². The van der Waals surface area contributed by atoms with Crippen LogP contribution in [0.1, 0.15) is 46.5 Å². The molecule has 6 heteroatoms. The molecule has 1 aliphatic heterocycles. The molecule has 21 heavy (non-hydrogen) atoms. The molecule has 0 bridgehead atoms. The fourth-order valence-corrected chi connectivity index (χ4v) is 4.81. The Balaban J connectivity index is 1.95. The largest absolute Gasteiger partial charge is 0.372 e. The van der Waals surface area contributed by atoms with Crippen LogP contribution >= 0.6 is 0 Å². The van der Waals surface area contributed by atoms with Gasteiger partial charge in [-0.25, -0.2) is 4.79 Å². The van der Waals surface area contributed by atoms with Gasteiger partial charge in [0.2, 0.25) is 0 Å². The minimum atomic E-state index is -0.837. The number of urea groups is 1. The molecule has 0 unspecified atom stereocenters. The van der Waals surface area contributed by atoms with E-state index in [2.05, 4.69) is 5.32 Å². The highest BCUT2D eigenvalue weighted by molar-refractivity contribution is 7.85. The van der Waals surface area contributed by atoms with Crippen LogP contribution in [0.4, 0.5) is 4.79 Å². The van der Waals surface area contributed by atoms with Gasteiger partial charge in [-0.1, -0.05) is 19.8 Å². The number of nitrogens with one attached hydrogen (secondary N) is 1. The fourth-order valence-electron chi connectivity index (χ4n) is 3.38. The van der Waals surface area contributed by atoms with Gasteiger partial charge in [0.15, 0.2) is 0 Å². The molecule has 122 valence electrons. The predicted octanol–water partition coefficient (Wildman–Crippen LogP) is 1.89. The minimum absolute atomic E-state index is 0.0259. The van der Waals surface area contributed by atoms with Crippen LogP contribution in [0.2, 0.25) is 0 Å². The first kappa shape index (κ1) is 16.7. The number of ether oxygens (including phenoxy) is 1. The van der Waals surface area contributed by atoms with E-state index in [1.54, 1.807) is 0 Å². The highest BCUT2D eigenvalue weighted by Gasteiger charge is 2.33. The first-order chi connectivity index (χ1) is 10.0. The number of hydrogen-bond donors (Lipinski definition) is 1. The lowest BCUT2D eigenvalue weighted by Gasteiger charge is -2.38. The molecule has 2 aliphatic rings. The molecule has 1 saturated carbocycles. The van der Waals surface area contributed by atoms with Crippen molar-refractivity contribution in [2.45, 2.75) is 70.0 Å². The maximum atomic E-state index is 12.5. The summed E-state index contributed by atoms with van der Waals surface area (Å²) in [6.07, 6.45) is 4.28. The second-order valence-electron chi connectivity index (χ2n) is 6.21. The molecule has 0 aromatic heterocycles. The van der Waals surface area contributed by atoms with Crippen LogP contribution in [0, 0.1) is 0 Å². The van der Waals surface area contributed by atoms with Gasteiger partial charge in [-0.15, -0.1) is 0 Å². The van der Waals surface area contributed by atoms with Crippen molar-refractivity contribution < 1.29 is 13.7 Å². The SMILES string of the molecule is CC[S@@](=O)[C@@H]1CCCC[C@@H]1NC(=O)N1C[C@@H](C)O[C@H](C)C1. The summed E-state index contributed by atoms with van der Waals surface area (Å²) in [5.41, 5.74) is 0. The smallest absolute Gasteiger partial charge is 0.317 e. The Morgan fingerprint density at radius 2 is 1.86 bits per heavy atom. The lowest BCUT2D eigenvalue weighted by molar-refractivity contribution is -0.0548. The molecule has 1 heterocycles. The average molecular weight is 316 g/mol. The number of amides is 2. The van der Waals surface area contributed by atoms with Crippen LogP contribution < -0.4 is 5.32 Å². The zero-order chi connectivity index (χ0) is 15.4. The molecule has 0 aromatic carbocycles. The Morgan fingerprint density at radius 3 is 2.48 bits per heavy atom. The molecular weight excluding hydrogens is 288 g/mol. The first-order valence-corrected chi connectivity index (χ1v) is 9.47. The summed E-state index contributed by atoms with van der Waals surface area (Å²) < 4.78 is 17.8. The number of carbonyl (C=O) groups excluding carboxylic acids is 1. The Labute approximate surface area is 130 Å². The Bertz CT molecular complexity index is 381. The van der Waals surface area contributed by atoms with E-state index in [9.17, 15) is 9.00 Å². The van der Waals surface area contributed by atoms with Crippen molar-refractivity contribution in [3.63, 3.8) is 0 Å². The van der Waals surface area contributed by atoms with Crippen LogP contribution in [0.25, 0.3) is 0 Å². The summed E-state index contributed by atoms with van der Waals surface area (Å²) in [5, 5.41) is 3.25. The Kier molecular flexibility index (Phi) is 6.05. The van der Waals surface area contributed by atoms with E-state index < -0.39 is 10.8 Å². The predicted molar refractivity (Wildman–Crippen MR) is 84.8 cm³/mol. The third-order valence-corrected chi connectivity index (χ3v) is 6.15. The van der Waals surface area contributed by atoms with E-state index in [0.717, 1.165) is 25.7 Å². The highest BCUT2D eigenvalue weighted by atomic mass is 32.2. The molecule has 1 aliphatic carbocycles. The van der Waals surface area contributed by atoms with E-state index in [1.807, 2.05) is 25.7 Å². The van der Waals surface area contributed by atoms with Crippen molar-refractivity contribution in [2.24, 2.45) is 0 Å². The molecule has 5 atom stereocenters. The molecule has 2 fully saturated rings. The van der Waals surface area contributed by atoms with Crippen LogP contribution in [-0.4, -0.2) is 57.5 Å². The number of hydrogen-bond acceptors (Lipinski definition) is 3. The van der Waals surface area contributed by atoms with Gasteiger partial charge in [0.25, 0.3) is 0 Å². The van der Waals surface area contributed by atoms with Gasteiger partial charge in [-0.3, -0.25) is 4.21 Å². The van der Waals surface area contributed by atoms with Gasteiger partial charge in [-0.05, 0) is 26.7 Å². The molecule has 1 N–H and O–H groups in total. The third kappa shape index (κ3) is 4.42. The second-order valence-corrected chi connectivity index (χ2v) is 8.15. The normalized spacial score (nSPS) is 35.3. The van der Waals surface area contributed by atoms with Crippen molar-refractivity contribution in [3.05, 3.63) is 0 Å². The van der Waals surface area contributed by atoms with Gasteiger partial charge in [0.05, 0.1) is 17.5 Å². The maximum absolute atomic E-state index is 12.5. The highest BCUT2D eigenvalue weighted by Crippen LogP contribution is 2.23. The number of morpholine rings is 1. The van der Waals surface area contributed by atoms with Crippen LogP contribution in [-0.2, 0) is 15.5 Å². The van der Waals surface area contributed by atoms with Crippen molar-refractivity contribution in [1.82, 2.24) is 10.2 Å². The van der Waals surface area contributed by atoms with E-state index in [1.165, 1.54) is 0 Å². The molecular formula is C15H28N2O3S. The van der Waals surface area contributed by atoms with Gasteiger partial charge in [0.1, 0.15) is 0 Å². The second kappa shape index (κ2) is 7.58. The van der Waals surface area contributed by atoms with Crippen molar-refractivity contribution >= 4 is 16.8 Å². The molecule has 2 amide bonds. The summed E-state index contributed by atoms with van der Waals surface area (Å²) in [4.78, 5) is 14.3. The fraction of sp³-hybridized carbons (Fsp3) is 0.933. The van der Waals surface area contributed by atoms with E-state index in [4.69, 9.17) is 4.74 Å². The number of carbonyl (C=O) groups is 1. The van der Waals surface area contributed by atoms with E-state index >= 15 is 0 Å². The summed E-state index contributed by atoms with van der Waals surface area (Å²) in [6, 6.07) is 0.0301. The molecule has 0 aromatic rings. The van der Waals surface area contributed by atoms with Crippen LogP contribution in [0.3, 0.4) is 0 Å². The summed E-state index contributed by atoms with van der Waals surface area (Å²) in [5.74, 6) is 0.669. The van der Waals surface area contributed by atoms with Crippen LogP contribution in [0.15, 0.2) is 0 Å². The first-order valence-electron chi connectivity index (χ1n) is 8.09. The average Bonchev–Trinajstić information content (AvgIpc) is 2.46. The third-order valence-electron chi connectivity index (χ3n) is 4.34. The summed E-state index contributed by atoms with van der Waals surface area (Å²) in [6.45, 7) is 7.20. The van der Waals surface area contributed by atoms with Crippen LogP contribution in [0.5, 0.6) is 0 Å². The molecule has 5 nitrogen and oxygen atoms in total. The van der Waals surface area contributed by atoms with Crippen molar-refractivity contribution in [3.8, 4) is 0 Å². The van der Waals surface area contributed by atoms with E-state index in [0.29, 0.717) is 18.8 Å². The van der Waals surface area contributed by atoms with Gasteiger partial charge in [-0.2, -0.15) is 0 Å². The van der Waals surface area contributed by atoms with Crippen molar-refractivity contribution in [2.75, 3.05) is 18.8 Å². The maximum Gasteiger partial charge on any atom is 0.317 e.